The summed E-state index contributed by atoms with van der Waals surface area (Å²) in [7, 11) is 0. The van der Waals surface area contributed by atoms with Gasteiger partial charge in [0.15, 0.2) is 0 Å². The monoisotopic (exact) mass is 351 g/mol. The highest BCUT2D eigenvalue weighted by atomic mass is 32.1. The molecule has 0 radical (unpaired) electrons. The normalized spacial score (nSPS) is 13.6. The number of ether oxygens (including phenoxy) is 1. The van der Waals surface area contributed by atoms with Crippen molar-refractivity contribution >= 4 is 23.1 Å². The van der Waals surface area contributed by atoms with Gasteiger partial charge in [-0.05, 0) is 31.2 Å². The van der Waals surface area contributed by atoms with Crippen LogP contribution in [0.4, 0.5) is 5.82 Å². The molecule has 0 saturated carbocycles. The van der Waals surface area contributed by atoms with E-state index in [0.29, 0.717) is 23.8 Å². The number of aryl methyl sites for hydroxylation is 1. The fourth-order valence-electron chi connectivity index (χ4n) is 2.80. The molecule has 1 amide bonds. The van der Waals surface area contributed by atoms with E-state index in [9.17, 15) is 4.79 Å². The molecule has 3 aromatic rings. The molecule has 1 aliphatic heterocycles. The van der Waals surface area contributed by atoms with Gasteiger partial charge < -0.3 is 4.74 Å². The van der Waals surface area contributed by atoms with E-state index in [0.717, 1.165) is 28.6 Å². The molecule has 1 aromatic carbocycles. The van der Waals surface area contributed by atoms with Crippen molar-refractivity contribution in [3.63, 3.8) is 0 Å². The Morgan fingerprint density at radius 3 is 2.76 bits per heavy atom. The summed E-state index contributed by atoms with van der Waals surface area (Å²) >= 11 is 1.41. The van der Waals surface area contributed by atoms with Crippen LogP contribution in [-0.4, -0.2) is 22.4 Å². The predicted octanol–water partition coefficient (Wildman–Crippen LogP) is 3.63. The number of nitrogens with zero attached hydrogens (tertiary/aromatic N) is 3. The lowest BCUT2D eigenvalue weighted by molar-refractivity contribution is 0.0983. The van der Waals surface area contributed by atoms with E-state index in [4.69, 9.17) is 4.74 Å². The van der Waals surface area contributed by atoms with Crippen LogP contribution in [0.2, 0.25) is 0 Å². The third kappa shape index (κ3) is 3.25. The van der Waals surface area contributed by atoms with E-state index in [2.05, 4.69) is 9.97 Å². The van der Waals surface area contributed by atoms with Crippen molar-refractivity contribution in [3.8, 4) is 5.75 Å². The van der Waals surface area contributed by atoms with Gasteiger partial charge in [-0.3, -0.25) is 9.69 Å². The number of benzene rings is 1. The fraction of sp³-hybridized carbons (Fsp3) is 0.211. The number of aromatic nitrogens is 2. The van der Waals surface area contributed by atoms with Crippen LogP contribution in [0, 0.1) is 6.92 Å². The Labute approximate surface area is 149 Å². The van der Waals surface area contributed by atoms with E-state index in [1.54, 1.807) is 4.90 Å². The molecule has 2 aromatic heterocycles. The van der Waals surface area contributed by atoms with Crippen molar-refractivity contribution in [1.29, 1.82) is 0 Å². The summed E-state index contributed by atoms with van der Waals surface area (Å²) in [5.74, 6) is 1.47. The number of pyridine rings is 1. The van der Waals surface area contributed by atoms with Crippen molar-refractivity contribution in [1.82, 2.24) is 9.97 Å². The second-order valence-electron chi connectivity index (χ2n) is 5.83. The molecule has 0 spiro atoms. The molecule has 5 nitrogen and oxygen atoms in total. The molecule has 0 saturated heterocycles. The van der Waals surface area contributed by atoms with E-state index in [1.807, 2.05) is 55.5 Å². The van der Waals surface area contributed by atoms with Crippen LogP contribution >= 0.6 is 11.3 Å². The van der Waals surface area contributed by atoms with Crippen molar-refractivity contribution < 1.29 is 9.53 Å². The zero-order valence-electron chi connectivity index (χ0n) is 13.8. The van der Waals surface area contributed by atoms with E-state index in [-0.39, 0.29) is 5.91 Å². The van der Waals surface area contributed by atoms with Gasteiger partial charge in [0.1, 0.15) is 28.1 Å². The van der Waals surface area contributed by atoms with Gasteiger partial charge in [-0.2, -0.15) is 0 Å². The zero-order chi connectivity index (χ0) is 17.2. The van der Waals surface area contributed by atoms with Crippen LogP contribution in [0.3, 0.4) is 0 Å². The second-order valence-corrected chi connectivity index (χ2v) is 6.91. The first-order valence-corrected chi connectivity index (χ1v) is 8.94. The summed E-state index contributed by atoms with van der Waals surface area (Å²) in [6.45, 7) is 2.90. The van der Waals surface area contributed by atoms with Gasteiger partial charge >= 0.3 is 0 Å². The molecule has 25 heavy (non-hydrogen) atoms. The first-order valence-electron chi connectivity index (χ1n) is 8.12. The summed E-state index contributed by atoms with van der Waals surface area (Å²) in [4.78, 5) is 24.3. The third-order valence-corrected chi connectivity index (χ3v) is 5.07. The maximum Gasteiger partial charge on any atom is 0.271 e. The zero-order valence-corrected chi connectivity index (χ0v) is 14.6. The molecular formula is C19H17N3O2S. The largest absolute Gasteiger partial charge is 0.486 e. The third-order valence-electron chi connectivity index (χ3n) is 4.01. The summed E-state index contributed by atoms with van der Waals surface area (Å²) in [6.07, 6.45) is 0.735. The van der Waals surface area contributed by atoms with Gasteiger partial charge in [-0.25, -0.2) is 9.97 Å². The summed E-state index contributed by atoms with van der Waals surface area (Å²) < 4.78 is 5.74. The number of thiazole rings is 1. The molecule has 4 rings (SSSR count). The van der Waals surface area contributed by atoms with Crippen LogP contribution in [0.1, 0.15) is 26.1 Å². The number of anilines is 1. The lowest BCUT2D eigenvalue weighted by Gasteiger charge is -2.25. The molecule has 0 fully saturated rings. The van der Waals surface area contributed by atoms with Crippen molar-refractivity contribution in [2.24, 2.45) is 0 Å². The topological polar surface area (TPSA) is 55.3 Å². The maximum absolute atomic E-state index is 12.8. The van der Waals surface area contributed by atoms with E-state index >= 15 is 0 Å². The van der Waals surface area contributed by atoms with Crippen molar-refractivity contribution in [2.45, 2.75) is 20.0 Å². The first-order chi connectivity index (χ1) is 12.2. The molecule has 3 heterocycles. The highest BCUT2D eigenvalue weighted by Gasteiger charge is 2.30. The second kappa shape index (κ2) is 6.64. The summed E-state index contributed by atoms with van der Waals surface area (Å²) in [5.41, 5.74) is 1.77. The average Bonchev–Trinajstić information content (AvgIpc) is 3.05. The average molecular weight is 351 g/mol. The number of carbonyl (C=O) groups excluding carboxylic acids is 1. The maximum atomic E-state index is 12.8. The Hall–Kier alpha value is -2.73. The minimum atomic E-state index is -0.0252. The predicted molar refractivity (Wildman–Crippen MR) is 97.2 cm³/mol. The van der Waals surface area contributed by atoms with Gasteiger partial charge in [0, 0.05) is 18.7 Å². The molecule has 0 aliphatic carbocycles. The SMILES string of the molecule is Cc1cccc(N2CCc3nc(COc4ccccc4)sc3C2=O)n1. The molecule has 0 unspecified atom stereocenters. The fourth-order valence-corrected chi connectivity index (χ4v) is 3.77. The Kier molecular flexibility index (Phi) is 4.19. The Bertz CT molecular complexity index is 908. The van der Waals surface area contributed by atoms with Gasteiger partial charge in [0.05, 0.1) is 5.69 Å². The van der Waals surface area contributed by atoms with Crippen molar-refractivity contribution in [3.05, 3.63) is 69.8 Å². The minimum Gasteiger partial charge on any atom is -0.486 e. The van der Waals surface area contributed by atoms with Crippen LogP contribution in [0.5, 0.6) is 5.75 Å². The van der Waals surface area contributed by atoms with Crippen LogP contribution in [0.25, 0.3) is 0 Å². The van der Waals surface area contributed by atoms with Crippen molar-refractivity contribution in [2.75, 3.05) is 11.4 Å². The van der Waals surface area contributed by atoms with Gasteiger partial charge in [0.2, 0.25) is 0 Å². The highest BCUT2D eigenvalue weighted by molar-refractivity contribution is 7.14. The smallest absolute Gasteiger partial charge is 0.271 e. The van der Waals surface area contributed by atoms with Gasteiger partial charge in [-0.1, -0.05) is 24.3 Å². The Balaban J connectivity index is 1.53. The number of hydrogen-bond donors (Lipinski definition) is 0. The summed E-state index contributed by atoms with van der Waals surface area (Å²) in [5, 5.41) is 0.821. The van der Waals surface area contributed by atoms with Crippen LogP contribution in [-0.2, 0) is 13.0 Å². The Morgan fingerprint density at radius 1 is 1.12 bits per heavy atom. The van der Waals surface area contributed by atoms with E-state index < -0.39 is 0 Å². The van der Waals surface area contributed by atoms with Crippen LogP contribution in [0.15, 0.2) is 48.5 Å². The lowest BCUT2D eigenvalue weighted by Crippen LogP contribution is -2.37. The molecule has 0 atom stereocenters. The molecule has 0 bridgehead atoms. The highest BCUT2D eigenvalue weighted by Crippen LogP contribution is 2.28. The van der Waals surface area contributed by atoms with Gasteiger partial charge in [0.25, 0.3) is 5.91 Å². The molecular weight excluding hydrogens is 334 g/mol. The number of amides is 1. The quantitative estimate of drug-likeness (QED) is 0.720. The molecule has 126 valence electrons. The lowest BCUT2D eigenvalue weighted by atomic mass is 10.1. The molecule has 1 aliphatic rings. The Morgan fingerprint density at radius 2 is 1.96 bits per heavy atom. The van der Waals surface area contributed by atoms with Crippen LogP contribution < -0.4 is 9.64 Å². The molecule has 6 heteroatoms. The number of carbonyl (C=O) groups is 1. The number of fused-ring (bicyclic) bond motifs is 1. The summed E-state index contributed by atoms with van der Waals surface area (Å²) in [6, 6.07) is 15.3. The van der Waals surface area contributed by atoms with E-state index in [1.165, 1.54) is 11.3 Å². The minimum absolute atomic E-state index is 0.0252. The number of hydrogen-bond acceptors (Lipinski definition) is 5. The molecule has 0 N–H and O–H groups in total. The number of rotatable bonds is 4. The number of para-hydroxylation sites is 1. The first kappa shape index (κ1) is 15.8. The van der Waals surface area contributed by atoms with Gasteiger partial charge in [-0.15, -0.1) is 11.3 Å². The standard InChI is InChI=1S/C19H17N3O2S/c1-13-6-5-9-16(20-13)22-11-10-15-18(19(22)23)25-17(21-15)12-24-14-7-3-2-4-8-14/h2-9H,10-12H2,1H3.